The SMILES string of the molecule is CCOC(=O)C(F)(F)[C@H](N)c1ccc(CC)s1. The van der Waals surface area contributed by atoms with Gasteiger partial charge in [-0.25, -0.2) is 4.79 Å². The highest BCUT2D eigenvalue weighted by molar-refractivity contribution is 7.12. The van der Waals surface area contributed by atoms with Crippen molar-refractivity contribution in [3.05, 3.63) is 21.9 Å². The van der Waals surface area contributed by atoms with Crippen LogP contribution in [0.3, 0.4) is 0 Å². The molecule has 0 fully saturated rings. The fourth-order valence-electron chi connectivity index (χ4n) is 1.28. The normalized spacial score (nSPS) is 13.5. The van der Waals surface area contributed by atoms with Gasteiger partial charge in [0, 0.05) is 9.75 Å². The maximum Gasteiger partial charge on any atom is 0.379 e. The van der Waals surface area contributed by atoms with E-state index in [-0.39, 0.29) is 6.61 Å². The van der Waals surface area contributed by atoms with E-state index in [1.165, 1.54) is 24.3 Å². The number of alkyl halides is 2. The average Bonchev–Trinajstić information content (AvgIpc) is 2.76. The van der Waals surface area contributed by atoms with Crippen LogP contribution in [0.25, 0.3) is 0 Å². The van der Waals surface area contributed by atoms with Gasteiger partial charge in [0.05, 0.1) is 6.61 Å². The third-order valence-corrected chi connectivity index (χ3v) is 3.59. The van der Waals surface area contributed by atoms with E-state index in [1.807, 2.05) is 6.92 Å². The Morgan fingerprint density at radius 2 is 2.18 bits per heavy atom. The number of carbonyl (C=O) groups is 1. The van der Waals surface area contributed by atoms with Crippen molar-refractivity contribution in [1.82, 2.24) is 0 Å². The molecule has 17 heavy (non-hydrogen) atoms. The Balaban J connectivity index is 2.87. The van der Waals surface area contributed by atoms with E-state index in [4.69, 9.17) is 5.73 Å². The van der Waals surface area contributed by atoms with Crippen LogP contribution in [-0.2, 0) is 16.0 Å². The van der Waals surface area contributed by atoms with Crippen molar-refractivity contribution >= 4 is 17.3 Å². The number of thiophene rings is 1. The first-order valence-electron chi connectivity index (χ1n) is 5.32. The summed E-state index contributed by atoms with van der Waals surface area (Å²) in [5.74, 6) is -5.26. The predicted octanol–water partition coefficient (Wildman–Crippen LogP) is 2.51. The number of esters is 1. The highest BCUT2D eigenvalue weighted by Gasteiger charge is 2.48. The first kappa shape index (κ1) is 14.1. The van der Waals surface area contributed by atoms with Crippen LogP contribution in [0, 0.1) is 0 Å². The van der Waals surface area contributed by atoms with E-state index >= 15 is 0 Å². The lowest BCUT2D eigenvalue weighted by Crippen LogP contribution is -2.41. The molecule has 1 aromatic heterocycles. The van der Waals surface area contributed by atoms with E-state index in [9.17, 15) is 13.6 Å². The first-order chi connectivity index (χ1) is 7.93. The van der Waals surface area contributed by atoms with Crippen LogP contribution in [0.2, 0.25) is 0 Å². The van der Waals surface area contributed by atoms with Crippen molar-refractivity contribution in [2.75, 3.05) is 6.61 Å². The van der Waals surface area contributed by atoms with Crippen molar-refractivity contribution < 1.29 is 18.3 Å². The van der Waals surface area contributed by atoms with Gasteiger partial charge in [-0.1, -0.05) is 6.92 Å². The van der Waals surface area contributed by atoms with Crippen LogP contribution >= 0.6 is 11.3 Å². The minimum Gasteiger partial charge on any atom is -0.462 e. The van der Waals surface area contributed by atoms with Crippen LogP contribution in [0.5, 0.6) is 0 Å². The monoisotopic (exact) mass is 263 g/mol. The van der Waals surface area contributed by atoms with E-state index in [1.54, 1.807) is 6.07 Å². The molecule has 0 aliphatic rings. The molecule has 96 valence electrons. The molecule has 1 rings (SSSR count). The quantitative estimate of drug-likeness (QED) is 0.830. The van der Waals surface area contributed by atoms with Crippen molar-refractivity contribution in [3.63, 3.8) is 0 Å². The van der Waals surface area contributed by atoms with E-state index in [2.05, 4.69) is 4.74 Å². The molecule has 0 amide bonds. The number of hydrogen-bond acceptors (Lipinski definition) is 4. The van der Waals surface area contributed by atoms with Gasteiger partial charge in [0.1, 0.15) is 6.04 Å². The predicted molar refractivity (Wildman–Crippen MR) is 62.2 cm³/mol. The molecule has 0 unspecified atom stereocenters. The second-order valence-electron chi connectivity index (χ2n) is 3.48. The van der Waals surface area contributed by atoms with Gasteiger partial charge in [0.25, 0.3) is 0 Å². The number of ether oxygens (including phenoxy) is 1. The van der Waals surface area contributed by atoms with Crippen molar-refractivity contribution in [2.24, 2.45) is 5.73 Å². The zero-order valence-corrected chi connectivity index (χ0v) is 10.5. The summed E-state index contributed by atoms with van der Waals surface area (Å²) in [6, 6.07) is 1.62. The number of carbonyl (C=O) groups excluding carboxylic acids is 1. The lowest BCUT2D eigenvalue weighted by Gasteiger charge is -2.20. The second-order valence-corrected chi connectivity index (χ2v) is 4.68. The van der Waals surface area contributed by atoms with Crippen molar-refractivity contribution in [2.45, 2.75) is 32.2 Å². The summed E-state index contributed by atoms with van der Waals surface area (Å²) in [6.45, 7) is 3.30. The Morgan fingerprint density at radius 3 is 2.65 bits per heavy atom. The molecule has 3 nitrogen and oxygen atoms in total. The van der Waals surface area contributed by atoms with E-state index in [0.29, 0.717) is 4.88 Å². The molecule has 1 aromatic rings. The smallest absolute Gasteiger partial charge is 0.379 e. The molecule has 0 saturated heterocycles. The lowest BCUT2D eigenvalue weighted by molar-refractivity contribution is -0.174. The zero-order chi connectivity index (χ0) is 13.1. The summed E-state index contributed by atoms with van der Waals surface area (Å²) in [7, 11) is 0. The topological polar surface area (TPSA) is 52.3 Å². The molecule has 0 radical (unpaired) electrons. The largest absolute Gasteiger partial charge is 0.462 e. The third kappa shape index (κ3) is 3.01. The molecule has 0 bridgehead atoms. The Kier molecular flexibility index (Phi) is 4.59. The van der Waals surface area contributed by atoms with E-state index < -0.39 is 17.9 Å². The summed E-state index contributed by atoms with van der Waals surface area (Å²) in [4.78, 5) is 12.4. The summed E-state index contributed by atoms with van der Waals surface area (Å²) >= 11 is 1.19. The van der Waals surface area contributed by atoms with Crippen LogP contribution in [-0.4, -0.2) is 18.5 Å². The first-order valence-corrected chi connectivity index (χ1v) is 6.14. The number of rotatable bonds is 5. The zero-order valence-electron chi connectivity index (χ0n) is 9.70. The molecule has 1 heterocycles. The van der Waals surface area contributed by atoms with Gasteiger partial charge >= 0.3 is 11.9 Å². The summed E-state index contributed by atoms with van der Waals surface area (Å²) in [6.07, 6.45) is 0.752. The van der Waals surface area contributed by atoms with Gasteiger partial charge in [-0.15, -0.1) is 11.3 Å². The van der Waals surface area contributed by atoms with Crippen LogP contribution in [0.15, 0.2) is 12.1 Å². The van der Waals surface area contributed by atoms with E-state index in [0.717, 1.165) is 11.3 Å². The Labute approximate surface area is 103 Å². The second kappa shape index (κ2) is 5.55. The molecule has 0 saturated carbocycles. The fourth-order valence-corrected chi connectivity index (χ4v) is 2.28. The van der Waals surface area contributed by atoms with Crippen molar-refractivity contribution in [1.29, 1.82) is 0 Å². The summed E-state index contributed by atoms with van der Waals surface area (Å²) in [5, 5.41) is 0. The van der Waals surface area contributed by atoms with Gasteiger partial charge in [0.15, 0.2) is 0 Å². The third-order valence-electron chi connectivity index (χ3n) is 2.28. The molecule has 0 aromatic carbocycles. The van der Waals surface area contributed by atoms with Gasteiger partial charge in [-0.3, -0.25) is 0 Å². The maximum absolute atomic E-state index is 13.6. The minimum absolute atomic E-state index is 0.0915. The minimum atomic E-state index is -3.69. The molecule has 0 aliphatic heterocycles. The Hall–Kier alpha value is -1.01. The van der Waals surface area contributed by atoms with Gasteiger partial charge in [0.2, 0.25) is 0 Å². The van der Waals surface area contributed by atoms with Gasteiger partial charge in [-0.05, 0) is 25.5 Å². The highest BCUT2D eigenvalue weighted by Crippen LogP contribution is 2.34. The fraction of sp³-hybridized carbons (Fsp3) is 0.545. The van der Waals surface area contributed by atoms with Crippen molar-refractivity contribution in [3.8, 4) is 0 Å². The van der Waals surface area contributed by atoms with Crippen LogP contribution in [0.4, 0.5) is 8.78 Å². The molecule has 0 spiro atoms. The number of halogens is 2. The average molecular weight is 263 g/mol. The summed E-state index contributed by atoms with van der Waals surface area (Å²) in [5.41, 5.74) is 5.43. The molecular weight excluding hydrogens is 248 g/mol. The van der Waals surface area contributed by atoms with Crippen LogP contribution < -0.4 is 5.73 Å². The summed E-state index contributed by atoms with van der Waals surface area (Å²) < 4.78 is 31.5. The Bertz CT molecular complexity index is 393. The molecule has 0 aliphatic carbocycles. The van der Waals surface area contributed by atoms with Gasteiger partial charge < -0.3 is 10.5 Å². The molecule has 6 heteroatoms. The standard InChI is InChI=1S/C11H15F2NO2S/c1-3-7-5-6-8(17-7)9(14)11(12,13)10(15)16-4-2/h5-6,9H,3-4,14H2,1-2H3/t9-/m1/s1. The number of hydrogen-bond donors (Lipinski definition) is 1. The van der Waals surface area contributed by atoms with Gasteiger partial charge in [-0.2, -0.15) is 8.78 Å². The Morgan fingerprint density at radius 1 is 1.53 bits per heavy atom. The lowest BCUT2D eigenvalue weighted by atomic mass is 10.1. The molecule has 2 N–H and O–H groups in total. The maximum atomic E-state index is 13.6. The molecule has 1 atom stereocenters. The number of aryl methyl sites for hydroxylation is 1. The highest BCUT2D eigenvalue weighted by atomic mass is 32.1. The molecular formula is C11H15F2NO2S. The van der Waals surface area contributed by atoms with Crippen LogP contribution in [0.1, 0.15) is 29.6 Å². The number of nitrogens with two attached hydrogens (primary N) is 1.